The quantitative estimate of drug-likeness (QED) is 0.822. The van der Waals surface area contributed by atoms with Crippen LogP contribution < -0.4 is 5.32 Å². The van der Waals surface area contributed by atoms with Crippen molar-refractivity contribution in [2.24, 2.45) is 5.92 Å². The van der Waals surface area contributed by atoms with Gasteiger partial charge in [0.2, 0.25) is 5.91 Å². The molecule has 22 heavy (non-hydrogen) atoms. The summed E-state index contributed by atoms with van der Waals surface area (Å²) in [4.78, 5) is 13.9. The van der Waals surface area contributed by atoms with Crippen LogP contribution in [0.4, 0.5) is 14.5 Å². The standard InChI is InChI=1S/C16H22F2N2O2/c1-2-16(17,18)11-20-9-7-12(8-10-20)15(22)19-13-5-3-4-6-14(13)21/h3-6,12,21H,2,7-11H2,1H3,(H,19,22). The Morgan fingerprint density at radius 2 is 2.00 bits per heavy atom. The number of nitrogens with zero attached hydrogens (tertiary/aromatic N) is 1. The summed E-state index contributed by atoms with van der Waals surface area (Å²) < 4.78 is 26.8. The summed E-state index contributed by atoms with van der Waals surface area (Å²) in [5, 5.41) is 12.3. The maximum atomic E-state index is 13.4. The van der Waals surface area contributed by atoms with Crippen molar-refractivity contribution in [3.05, 3.63) is 24.3 Å². The van der Waals surface area contributed by atoms with E-state index in [4.69, 9.17) is 0 Å². The number of amides is 1. The van der Waals surface area contributed by atoms with Crippen molar-refractivity contribution >= 4 is 11.6 Å². The molecule has 122 valence electrons. The Morgan fingerprint density at radius 3 is 2.59 bits per heavy atom. The Labute approximate surface area is 129 Å². The monoisotopic (exact) mass is 312 g/mol. The lowest BCUT2D eigenvalue weighted by molar-refractivity contribution is -0.121. The number of hydrogen-bond donors (Lipinski definition) is 2. The minimum absolute atomic E-state index is 0.0240. The predicted molar refractivity (Wildman–Crippen MR) is 81.1 cm³/mol. The molecule has 0 atom stereocenters. The second-order valence-corrected chi connectivity index (χ2v) is 5.77. The third-order valence-corrected chi connectivity index (χ3v) is 4.09. The highest BCUT2D eigenvalue weighted by molar-refractivity contribution is 5.93. The van der Waals surface area contributed by atoms with Gasteiger partial charge in [-0.05, 0) is 38.1 Å². The largest absolute Gasteiger partial charge is 0.506 e. The maximum absolute atomic E-state index is 13.4. The fourth-order valence-electron chi connectivity index (χ4n) is 2.61. The minimum atomic E-state index is -2.66. The molecule has 0 unspecified atom stereocenters. The van der Waals surface area contributed by atoms with Crippen LogP contribution in [0, 0.1) is 5.92 Å². The Bertz CT molecular complexity index is 515. The zero-order chi connectivity index (χ0) is 16.2. The summed E-state index contributed by atoms with van der Waals surface area (Å²) in [6.07, 6.45) is 0.944. The van der Waals surface area contributed by atoms with E-state index in [0.717, 1.165) is 0 Å². The molecule has 1 aromatic carbocycles. The maximum Gasteiger partial charge on any atom is 0.260 e. The van der Waals surface area contributed by atoms with Crippen LogP contribution in [0.3, 0.4) is 0 Å². The SMILES string of the molecule is CCC(F)(F)CN1CCC(C(=O)Nc2ccccc2O)CC1. The van der Waals surface area contributed by atoms with Gasteiger partial charge >= 0.3 is 0 Å². The van der Waals surface area contributed by atoms with E-state index in [9.17, 15) is 18.7 Å². The molecule has 2 N–H and O–H groups in total. The molecule has 1 amide bonds. The molecule has 1 saturated heterocycles. The van der Waals surface area contributed by atoms with Crippen molar-refractivity contribution in [2.75, 3.05) is 25.0 Å². The Morgan fingerprint density at radius 1 is 1.36 bits per heavy atom. The molecule has 0 saturated carbocycles. The second kappa shape index (κ2) is 7.05. The van der Waals surface area contributed by atoms with Crippen molar-refractivity contribution in [1.29, 1.82) is 0 Å². The average Bonchev–Trinajstić information content (AvgIpc) is 2.50. The van der Waals surface area contributed by atoms with Gasteiger partial charge in [-0.15, -0.1) is 0 Å². The first kappa shape index (κ1) is 16.7. The summed E-state index contributed by atoms with van der Waals surface area (Å²) >= 11 is 0. The molecule has 0 bridgehead atoms. The normalized spacial score (nSPS) is 17.4. The van der Waals surface area contributed by atoms with Crippen LogP contribution in [-0.4, -0.2) is 41.5 Å². The fraction of sp³-hybridized carbons (Fsp3) is 0.562. The second-order valence-electron chi connectivity index (χ2n) is 5.77. The third kappa shape index (κ3) is 4.40. The van der Waals surface area contributed by atoms with E-state index in [1.54, 1.807) is 23.1 Å². The number of carbonyl (C=O) groups excluding carboxylic acids is 1. The van der Waals surface area contributed by atoms with Gasteiger partial charge in [-0.25, -0.2) is 8.78 Å². The molecule has 1 heterocycles. The number of halogens is 2. The number of alkyl halides is 2. The highest BCUT2D eigenvalue weighted by Crippen LogP contribution is 2.26. The summed E-state index contributed by atoms with van der Waals surface area (Å²) in [6.45, 7) is 2.23. The van der Waals surface area contributed by atoms with Gasteiger partial charge in [0.15, 0.2) is 0 Å². The van der Waals surface area contributed by atoms with Gasteiger partial charge in [0.25, 0.3) is 5.92 Å². The molecular formula is C16H22F2N2O2. The predicted octanol–water partition coefficient (Wildman–Crippen LogP) is 3.09. The number of likely N-dealkylation sites (tertiary alicyclic amines) is 1. The van der Waals surface area contributed by atoms with Gasteiger partial charge < -0.3 is 10.4 Å². The van der Waals surface area contributed by atoms with E-state index in [1.165, 1.54) is 13.0 Å². The summed E-state index contributed by atoms with van der Waals surface area (Å²) in [6, 6.07) is 6.54. The number of nitrogens with one attached hydrogen (secondary N) is 1. The Balaban J connectivity index is 1.84. The molecule has 1 fully saturated rings. The van der Waals surface area contributed by atoms with Crippen molar-refractivity contribution < 1.29 is 18.7 Å². The van der Waals surface area contributed by atoms with E-state index in [0.29, 0.717) is 31.6 Å². The number of rotatable bonds is 5. The Hall–Kier alpha value is -1.69. The summed E-state index contributed by atoms with van der Waals surface area (Å²) in [5.41, 5.74) is 0.382. The first-order valence-electron chi connectivity index (χ1n) is 7.60. The zero-order valence-electron chi connectivity index (χ0n) is 12.7. The summed E-state index contributed by atoms with van der Waals surface area (Å²) in [5.74, 6) is -3.00. The van der Waals surface area contributed by atoms with Crippen molar-refractivity contribution in [2.45, 2.75) is 32.1 Å². The number of carbonyl (C=O) groups is 1. The third-order valence-electron chi connectivity index (χ3n) is 4.09. The van der Waals surface area contributed by atoms with Crippen LogP contribution in [0.25, 0.3) is 0 Å². The lowest BCUT2D eigenvalue weighted by Crippen LogP contribution is -2.43. The van der Waals surface area contributed by atoms with E-state index >= 15 is 0 Å². The molecule has 0 radical (unpaired) electrons. The van der Waals surface area contributed by atoms with Gasteiger partial charge in [0.05, 0.1) is 12.2 Å². The topological polar surface area (TPSA) is 52.6 Å². The van der Waals surface area contributed by atoms with E-state index < -0.39 is 5.92 Å². The number of hydrogen-bond acceptors (Lipinski definition) is 3. The van der Waals surface area contributed by atoms with Crippen LogP contribution in [-0.2, 0) is 4.79 Å². The number of phenolic OH excluding ortho intramolecular Hbond substituents is 1. The molecule has 4 nitrogen and oxygen atoms in total. The Kier molecular flexibility index (Phi) is 5.34. The highest BCUT2D eigenvalue weighted by atomic mass is 19.3. The smallest absolute Gasteiger partial charge is 0.260 e. The number of benzene rings is 1. The number of aromatic hydroxyl groups is 1. The number of piperidine rings is 1. The molecule has 0 spiro atoms. The minimum Gasteiger partial charge on any atom is -0.506 e. The van der Waals surface area contributed by atoms with Crippen molar-refractivity contribution in [3.63, 3.8) is 0 Å². The molecule has 6 heteroatoms. The molecule has 2 rings (SSSR count). The van der Waals surface area contributed by atoms with Crippen LogP contribution in [0.2, 0.25) is 0 Å². The molecule has 1 aliphatic rings. The zero-order valence-corrected chi connectivity index (χ0v) is 12.7. The van der Waals surface area contributed by atoms with Gasteiger partial charge in [-0.3, -0.25) is 9.69 Å². The van der Waals surface area contributed by atoms with Crippen LogP contribution in [0.15, 0.2) is 24.3 Å². The van der Waals surface area contributed by atoms with Gasteiger partial charge in [0.1, 0.15) is 5.75 Å². The highest BCUT2D eigenvalue weighted by Gasteiger charge is 2.32. The van der Waals surface area contributed by atoms with Crippen molar-refractivity contribution in [1.82, 2.24) is 4.90 Å². The molecule has 0 aliphatic carbocycles. The molecule has 1 aromatic rings. The van der Waals surface area contributed by atoms with Crippen LogP contribution in [0.1, 0.15) is 26.2 Å². The van der Waals surface area contributed by atoms with E-state index in [1.807, 2.05) is 0 Å². The summed E-state index contributed by atoms with van der Waals surface area (Å²) in [7, 11) is 0. The molecular weight excluding hydrogens is 290 g/mol. The lowest BCUT2D eigenvalue weighted by atomic mass is 9.95. The van der Waals surface area contributed by atoms with Crippen LogP contribution in [0.5, 0.6) is 5.75 Å². The molecule has 0 aromatic heterocycles. The first-order valence-corrected chi connectivity index (χ1v) is 7.60. The first-order chi connectivity index (χ1) is 10.4. The molecule has 1 aliphatic heterocycles. The van der Waals surface area contributed by atoms with E-state index in [-0.39, 0.29) is 30.5 Å². The van der Waals surface area contributed by atoms with Gasteiger partial charge in [-0.2, -0.15) is 0 Å². The van der Waals surface area contributed by atoms with Gasteiger partial charge in [0, 0.05) is 12.3 Å². The van der Waals surface area contributed by atoms with E-state index in [2.05, 4.69) is 5.32 Å². The number of para-hydroxylation sites is 2. The van der Waals surface area contributed by atoms with Crippen LogP contribution >= 0.6 is 0 Å². The average molecular weight is 312 g/mol. The lowest BCUT2D eigenvalue weighted by Gasteiger charge is -2.33. The fourth-order valence-corrected chi connectivity index (χ4v) is 2.61. The number of phenols is 1. The van der Waals surface area contributed by atoms with Crippen molar-refractivity contribution in [3.8, 4) is 5.75 Å². The number of anilines is 1. The van der Waals surface area contributed by atoms with Gasteiger partial charge in [-0.1, -0.05) is 19.1 Å².